The fraction of sp³-hybridized carbons (Fsp3) is 0. The molecule has 0 unspecified atom stereocenters. The normalized spacial score (nSPS) is 17.2. The Morgan fingerprint density at radius 1 is 1.75 bits per heavy atom. The van der Waals surface area contributed by atoms with E-state index in [-0.39, 0.29) is 0 Å². The molecule has 0 aromatic carbocycles. The van der Waals surface area contributed by atoms with Crippen molar-refractivity contribution in [3.05, 3.63) is 29.6 Å². The molecule has 1 N–H and O–H groups in total. The predicted molar refractivity (Wildman–Crippen MR) is 29.1 cm³/mol. The Morgan fingerprint density at radius 2 is 2.62 bits per heavy atom. The largest absolute Gasteiger partial charge is 0.508 e. The molecule has 0 bridgehead atoms. The molecule has 8 heavy (non-hydrogen) atoms. The van der Waals surface area contributed by atoms with Crippen LogP contribution >= 0.6 is 0 Å². The fourth-order valence-electron chi connectivity index (χ4n) is 0.485. The Kier molecular flexibility index (Phi) is 0.778. The van der Waals surface area contributed by atoms with Gasteiger partial charge in [0.25, 0.3) is 1.43 Å². The van der Waals surface area contributed by atoms with E-state index in [1.54, 1.807) is 5.94 Å². The monoisotopic (exact) mass is 109 g/mol. The van der Waals surface area contributed by atoms with Gasteiger partial charge in [-0.25, -0.2) is 4.79 Å². The Hall–Kier alpha value is -1.27. The van der Waals surface area contributed by atoms with Crippen molar-refractivity contribution in [3.8, 4) is 0 Å². The van der Waals surface area contributed by atoms with E-state index in [1.807, 2.05) is 0 Å². The molecule has 1 rings (SSSR count). The number of aliphatic hydroxyl groups is 1. The third-order valence-electron chi connectivity index (χ3n) is 0.843. The molecule has 0 aromatic rings. The van der Waals surface area contributed by atoms with Crippen LogP contribution in [0.3, 0.4) is 0 Å². The topological polar surface area (TPSA) is 37.3 Å². The molecule has 0 fully saturated rings. The second kappa shape index (κ2) is 1.68. The van der Waals surface area contributed by atoms with E-state index < -0.39 is 0 Å². The van der Waals surface area contributed by atoms with E-state index >= 15 is 0 Å². The average Bonchev–Trinajstić information content (AvgIpc) is 2.34. The van der Waals surface area contributed by atoms with Gasteiger partial charge in [0.15, 0.2) is 0 Å². The van der Waals surface area contributed by atoms with Crippen LogP contribution in [0.1, 0.15) is 0 Å². The lowest BCUT2D eigenvalue weighted by Crippen LogP contribution is -1.65. The van der Waals surface area contributed by atoms with Gasteiger partial charge in [-0.1, -0.05) is 0 Å². The summed E-state index contributed by atoms with van der Waals surface area (Å²) in [5.74, 6) is 2.04. The maximum atomic E-state index is 9.89. The first-order valence-corrected chi connectivity index (χ1v) is 2.15. The lowest BCUT2D eigenvalue weighted by Gasteiger charge is -1.74. The third kappa shape index (κ3) is 0.695. The number of aliphatic hydroxyl groups excluding tert-OH is 1. The van der Waals surface area contributed by atoms with Gasteiger partial charge in [0, 0.05) is 0 Å². The van der Waals surface area contributed by atoms with Gasteiger partial charge >= 0.3 is 0 Å². The maximum Gasteiger partial charge on any atom is 0.293 e. The van der Waals surface area contributed by atoms with Crippen LogP contribution in [-0.2, 0) is 4.79 Å². The highest BCUT2D eigenvalue weighted by molar-refractivity contribution is 5.65. The Bertz CT molecular complexity index is 221. The van der Waals surface area contributed by atoms with Crippen molar-refractivity contribution in [2.75, 3.05) is 0 Å². The summed E-state index contributed by atoms with van der Waals surface area (Å²) in [7, 11) is 0. The van der Waals surface area contributed by atoms with Crippen LogP contribution in [0.25, 0.3) is 1.43 Å². The minimum atomic E-state index is 0.369. The van der Waals surface area contributed by atoms with Crippen LogP contribution in [0.2, 0.25) is 0 Å². The van der Waals surface area contributed by atoms with Crippen molar-refractivity contribution in [1.82, 2.24) is 0 Å². The highest BCUT2D eigenvalue weighted by Gasteiger charge is 1.97. The first-order chi connectivity index (χ1) is 4.36. The van der Waals surface area contributed by atoms with Gasteiger partial charge in [-0.2, -0.15) is 0 Å². The number of rotatable bonds is 1. The minimum Gasteiger partial charge on any atom is -0.508 e. The van der Waals surface area contributed by atoms with Gasteiger partial charge in [0.1, 0.15) is 11.7 Å². The molecular weight excluding hydrogens is 104 g/mol. The van der Waals surface area contributed by atoms with Gasteiger partial charge in [-0.15, -0.1) is 0 Å². The van der Waals surface area contributed by atoms with E-state index in [1.165, 1.54) is 18.2 Å². The summed E-state index contributed by atoms with van der Waals surface area (Å²) >= 11 is 0. The van der Waals surface area contributed by atoms with Crippen LogP contribution < -0.4 is 0 Å². The van der Waals surface area contributed by atoms with Crippen molar-refractivity contribution >= 4 is 5.94 Å². The second-order valence-electron chi connectivity index (χ2n) is 1.44. The molecule has 2 heteroatoms. The third-order valence-corrected chi connectivity index (χ3v) is 0.843. The SMILES string of the molecule is [2H]OC1=CC(=C=O)C=C1. The molecule has 0 radical (unpaired) electrons. The van der Waals surface area contributed by atoms with Crippen LogP contribution in [-0.4, -0.2) is 11.1 Å². The smallest absolute Gasteiger partial charge is 0.293 e. The number of hydrogen-bond donors (Lipinski definition) is 1. The van der Waals surface area contributed by atoms with Crippen molar-refractivity contribution < 1.29 is 9.90 Å². The van der Waals surface area contributed by atoms with Gasteiger partial charge in [-0.3, -0.25) is 0 Å². The molecule has 0 aliphatic heterocycles. The van der Waals surface area contributed by atoms with Crippen molar-refractivity contribution in [2.45, 2.75) is 0 Å². The number of allylic oxidation sites excluding steroid dienone is 4. The Labute approximate surface area is 47.9 Å². The molecule has 0 saturated carbocycles. The first-order valence-electron chi connectivity index (χ1n) is 2.55. The van der Waals surface area contributed by atoms with Gasteiger partial charge in [0.2, 0.25) is 0 Å². The fourth-order valence-corrected chi connectivity index (χ4v) is 0.485. The van der Waals surface area contributed by atoms with Gasteiger partial charge in [-0.05, 0) is 18.2 Å². The molecular formula is C6H4O2. The van der Waals surface area contributed by atoms with E-state index in [4.69, 9.17) is 1.43 Å². The summed E-state index contributed by atoms with van der Waals surface area (Å²) in [6.07, 6.45) is 4.52. The van der Waals surface area contributed by atoms with Gasteiger partial charge in [0.05, 0.1) is 5.57 Å². The Morgan fingerprint density at radius 3 is 3.00 bits per heavy atom. The second-order valence-corrected chi connectivity index (χ2v) is 1.44. The lowest BCUT2D eigenvalue weighted by atomic mass is 10.3. The summed E-state index contributed by atoms with van der Waals surface area (Å²) in [6.45, 7) is 0. The van der Waals surface area contributed by atoms with E-state index in [0.29, 0.717) is 11.3 Å². The standard InChI is InChI=1S/C6H4O2/c7-4-5-1-2-6(8)3-5/h1-3,8H/i/hD. The summed E-state index contributed by atoms with van der Waals surface area (Å²) in [5.41, 5.74) is 0.414. The van der Waals surface area contributed by atoms with Crippen LogP contribution in [0, 0.1) is 0 Å². The van der Waals surface area contributed by atoms with E-state index in [2.05, 4.69) is 5.11 Å². The molecule has 40 valence electrons. The Balaban J connectivity index is 2.86. The molecule has 0 saturated heterocycles. The van der Waals surface area contributed by atoms with Crippen molar-refractivity contribution in [2.24, 2.45) is 0 Å². The lowest BCUT2D eigenvalue weighted by molar-refractivity contribution is 0.434. The molecule has 1 aliphatic rings. The van der Waals surface area contributed by atoms with Gasteiger partial charge < -0.3 is 5.11 Å². The minimum absolute atomic E-state index is 0.369. The highest BCUT2D eigenvalue weighted by atomic mass is 16.3. The molecule has 0 heterocycles. The quantitative estimate of drug-likeness (QED) is 0.504. The summed E-state index contributed by atoms with van der Waals surface area (Å²) in [4.78, 5) is 9.89. The molecule has 0 atom stereocenters. The zero-order valence-electron chi connectivity index (χ0n) is 5.05. The van der Waals surface area contributed by atoms with Crippen molar-refractivity contribution in [3.63, 3.8) is 0 Å². The number of hydrogen-bond acceptors (Lipinski definition) is 2. The van der Waals surface area contributed by atoms with Crippen LogP contribution in [0.5, 0.6) is 0 Å². The van der Waals surface area contributed by atoms with Crippen molar-refractivity contribution in [1.29, 1.82) is 1.43 Å². The average molecular weight is 109 g/mol. The summed E-state index contributed by atoms with van der Waals surface area (Å²) in [6, 6.07) is 0. The zero-order valence-corrected chi connectivity index (χ0v) is 4.05. The molecule has 1 aliphatic carbocycles. The van der Waals surface area contributed by atoms with Crippen LogP contribution in [0.4, 0.5) is 0 Å². The molecule has 2 nitrogen and oxygen atoms in total. The maximum absolute atomic E-state index is 9.89. The molecule has 0 spiro atoms. The van der Waals surface area contributed by atoms with Crippen LogP contribution in [0.15, 0.2) is 29.6 Å². The number of carbonyl (C=O) groups excluding carboxylic acids is 1. The summed E-state index contributed by atoms with van der Waals surface area (Å²) < 4.78 is 6.40. The van der Waals surface area contributed by atoms with E-state index in [9.17, 15) is 4.79 Å². The zero-order chi connectivity index (χ0) is 6.69. The first kappa shape index (κ1) is 3.70. The molecule has 0 amide bonds. The summed E-state index contributed by atoms with van der Waals surface area (Å²) in [5, 5.41) is 4.07. The van der Waals surface area contributed by atoms with E-state index in [0.717, 1.165) is 0 Å². The highest BCUT2D eigenvalue weighted by Crippen LogP contribution is 2.08. The predicted octanol–water partition coefficient (Wildman–Crippen LogP) is 0.756. The molecule has 0 aromatic heterocycles.